The second kappa shape index (κ2) is 6.39. The zero-order chi connectivity index (χ0) is 15.6. The number of nitrogens with one attached hydrogen (secondary N) is 1. The summed E-state index contributed by atoms with van der Waals surface area (Å²) in [6, 6.07) is 2.47. The van der Waals surface area contributed by atoms with Crippen LogP contribution in [-0.4, -0.2) is 38.5 Å². The molecule has 4 rings (SSSR count). The first kappa shape index (κ1) is 14.8. The maximum atomic E-state index is 4.77. The summed E-state index contributed by atoms with van der Waals surface area (Å²) in [6.07, 6.45) is 7.68. The molecule has 1 saturated carbocycles. The van der Waals surface area contributed by atoms with Crippen LogP contribution in [0.4, 0.5) is 10.9 Å². The van der Waals surface area contributed by atoms with Crippen LogP contribution in [0, 0.1) is 6.92 Å². The van der Waals surface area contributed by atoms with Gasteiger partial charge in [-0.05, 0) is 32.6 Å². The van der Waals surface area contributed by atoms with Gasteiger partial charge in [-0.2, -0.15) is 4.37 Å². The van der Waals surface area contributed by atoms with Gasteiger partial charge in [0.25, 0.3) is 0 Å². The van der Waals surface area contributed by atoms with Crippen LogP contribution in [-0.2, 0) is 0 Å². The van der Waals surface area contributed by atoms with E-state index in [2.05, 4.69) is 24.6 Å². The van der Waals surface area contributed by atoms with E-state index in [9.17, 15) is 0 Å². The SMILES string of the molecule is Cc1cc(NC2CCN(c3nc(C4CCC4)ns3)CC2)ncn1. The van der Waals surface area contributed by atoms with E-state index in [1.54, 1.807) is 17.9 Å². The van der Waals surface area contributed by atoms with E-state index < -0.39 is 0 Å². The Morgan fingerprint density at radius 2 is 2.00 bits per heavy atom. The van der Waals surface area contributed by atoms with Gasteiger partial charge in [-0.3, -0.25) is 0 Å². The molecule has 0 amide bonds. The fourth-order valence-electron chi connectivity index (χ4n) is 3.14. The first-order valence-corrected chi connectivity index (χ1v) is 9.19. The molecule has 0 bridgehead atoms. The number of aryl methyl sites for hydroxylation is 1. The van der Waals surface area contributed by atoms with Crippen molar-refractivity contribution >= 4 is 22.5 Å². The van der Waals surface area contributed by atoms with Crippen molar-refractivity contribution < 1.29 is 0 Å². The van der Waals surface area contributed by atoms with Crippen molar-refractivity contribution in [1.29, 1.82) is 0 Å². The molecule has 23 heavy (non-hydrogen) atoms. The van der Waals surface area contributed by atoms with Gasteiger partial charge in [-0.15, -0.1) is 0 Å². The van der Waals surface area contributed by atoms with Crippen LogP contribution in [0.15, 0.2) is 12.4 Å². The van der Waals surface area contributed by atoms with E-state index in [0.717, 1.165) is 48.4 Å². The van der Waals surface area contributed by atoms with Gasteiger partial charge in [0.15, 0.2) is 0 Å². The number of aromatic nitrogens is 4. The van der Waals surface area contributed by atoms with Gasteiger partial charge in [0.2, 0.25) is 5.13 Å². The summed E-state index contributed by atoms with van der Waals surface area (Å²) in [7, 11) is 0. The molecule has 1 aliphatic carbocycles. The zero-order valence-corrected chi connectivity index (χ0v) is 14.2. The van der Waals surface area contributed by atoms with Crippen molar-refractivity contribution in [2.45, 2.75) is 51.0 Å². The molecule has 0 spiro atoms. The summed E-state index contributed by atoms with van der Waals surface area (Å²) in [5.74, 6) is 2.63. The molecule has 2 aliphatic rings. The van der Waals surface area contributed by atoms with Crippen LogP contribution in [0.2, 0.25) is 0 Å². The van der Waals surface area contributed by atoms with Crippen molar-refractivity contribution in [1.82, 2.24) is 19.3 Å². The molecule has 1 aliphatic heterocycles. The van der Waals surface area contributed by atoms with Crippen LogP contribution < -0.4 is 10.2 Å². The molecule has 6 nitrogen and oxygen atoms in total. The van der Waals surface area contributed by atoms with Crippen LogP contribution in [0.5, 0.6) is 0 Å². The highest BCUT2D eigenvalue weighted by molar-refractivity contribution is 7.09. The van der Waals surface area contributed by atoms with Crippen LogP contribution >= 0.6 is 11.5 Å². The smallest absolute Gasteiger partial charge is 0.205 e. The monoisotopic (exact) mass is 330 g/mol. The molecule has 7 heteroatoms. The molecular weight excluding hydrogens is 308 g/mol. The minimum absolute atomic E-state index is 0.472. The summed E-state index contributed by atoms with van der Waals surface area (Å²) in [5.41, 5.74) is 0.998. The van der Waals surface area contributed by atoms with Gasteiger partial charge >= 0.3 is 0 Å². The van der Waals surface area contributed by atoms with E-state index >= 15 is 0 Å². The second-order valence-corrected chi connectivity index (χ2v) is 7.24. The Balaban J connectivity index is 1.32. The van der Waals surface area contributed by atoms with E-state index in [0.29, 0.717) is 12.0 Å². The fourth-order valence-corrected chi connectivity index (χ4v) is 3.94. The first-order valence-electron chi connectivity index (χ1n) is 8.41. The van der Waals surface area contributed by atoms with Crippen molar-refractivity contribution in [3.63, 3.8) is 0 Å². The Hall–Kier alpha value is -1.76. The van der Waals surface area contributed by atoms with Crippen LogP contribution in [0.1, 0.15) is 49.5 Å². The van der Waals surface area contributed by atoms with Crippen molar-refractivity contribution in [2.24, 2.45) is 0 Å². The predicted octanol–water partition coefficient (Wildman–Crippen LogP) is 2.98. The minimum Gasteiger partial charge on any atom is -0.367 e. The summed E-state index contributed by atoms with van der Waals surface area (Å²) < 4.78 is 4.57. The van der Waals surface area contributed by atoms with Crippen LogP contribution in [0.25, 0.3) is 0 Å². The molecule has 0 unspecified atom stereocenters. The lowest BCUT2D eigenvalue weighted by Gasteiger charge is -2.32. The average Bonchev–Trinajstić information content (AvgIpc) is 2.96. The van der Waals surface area contributed by atoms with Crippen molar-refractivity contribution in [3.8, 4) is 0 Å². The minimum atomic E-state index is 0.472. The Kier molecular flexibility index (Phi) is 4.11. The summed E-state index contributed by atoms with van der Waals surface area (Å²) in [5, 5.41) is 4.63. The molecule has 0 atom stereocenters. The van der Waals surface area contributed by atoms with Gasteiger partial charge in [0.05, 0.1) is 0 Å². The first-order chi connectivity index (χ1) is 11.3. The number of hydrogen-bond donors (Lipinski definition) is 1. The molecule has 122 valence electrons. The van der Waals surface area contributed by atoms with Gasteiger partial charge in [-0.25, -0.2) is 15.0 Å². The lowest BCUT2D eigenvalue weighted by Crippen LogP contribution is -2.39. The Morgan fingerprint density at radius 1 is 1.17 bits per heavy atom. The maximum absolute atomic E-state index is 4.77. The van der Waals surface area contributed by atoms with Crippen LogP contribution in [0.3, 0.4) is 0 Å². The highest BCUT2D eigenvalue weighted by Gasteiger charge is 2.26. The predicted molar refractivity (Wildman–Crippen MR) is 92.1 cm³/mol. The van der Waals surface area contributed by atoms with E-state index in [-0.39, 0.29) is 0 Å². The van der Waals surface area contributed by atoms with Gasteiger partial charge in [-0.1, -0.05) is 6.42 Å². The average molecular weight is 330 g/mol. The highest BCUT2D eigenvalue weighted by atomic mass is 32.1. The number of hydrogen-bond acceptors (Lipinski definition) is 7. The second-order valence-electron chi connectivity index (χ2n) is 6.51. The standard InChI is InChI=1S/C16H22N6S/c1-11-9-14(18-10-17-11)19-13-5-7-22(8-6-13)16-20-15(21-23-16)12-3-2-4-12/h9-10,12-13H,2-8H2,1H3,(H,17,18,19). The van der Waals surface area contributed by atoms with E-state index in [4.69, 9.17) is 4.98 Å². The fraction of sp³-hybridized carbons (Fsp3) is 0.625. The number of rotatable bonds is 4. The Labute approximate surface area is 140 Å². The van der Waals surface area contributed by atoms with Gasteiger partial charge < -0.3 is 10.2 Å². The molecule has 3 heterocycles. The Morgan fingerprint density at radius 3 is 2.70 bits per heavy atom. The number of anilines is 2. The zero-order valence-electron chi connectivity index (χ0n) is 13.4. The molecule has 1 N–H and O–H groups in total. The Bertz CT molecular complexity index is 660. The van der Waals surface area contributed by atoms with Crippen molar-refractivity contribution in [2.75, 3.05) is 23.3 Å². The molecular formula is C16H22N6S. The van der Waals surface area contributed by atoms with Crippen molar-refractivity contribution in [3.05, 3.63) is 23.9 Å². The molecule has 2 aromatic heterocycles. The summed E-state index contributed by atoms with van der Waals surface area (Å²) in [6.45, 7) is 4.05. The molecule has 2 fully saturated rings. The number of nitrogens with zero attached hydrogens (tertiary/aromatic N) is 5. The third kappa shape index (κ3) is 3.29. The lowest BCUT2D eigenvalue weighted by atomic mass is 9.85. The normalized spacial score (nSPS) is 19.6. The highest BCUT2D eigenvalue weighted by Crippen LogP contribution is 2.36. The molecule has 0 aromatic carbocycles. The third-order valence-corrected chi connectivity index (χ3v) is 5.61. The molecule has 1 saturated heterocycles. The topological polar surface area (TPSA) is 66.8 Å². The summed E-state index contributed by atoms with van der Waals surface area (Å²) in [4.78, 5) is 15.6. The molecule has 2 aromatic rings. The molecule has 0 radical (unpaired) electrons. The third-order valence-electron chi connectivity index (χ3n) is 4.82. The lowest BCUT2D eigenvalue weighted by molar-refractivity contribution is 0.404. The number of piperidine rings is 1. The summed E-state index contributed by atoms with van der Waals surface area (Å²) >= 11 is 1.56. The van der Waals surface area contributed by atoms with E-state index in [1.165, 1.54) is 19.3 Å². The van der Waals surface area contributed by atoms with Gasteiger partial charge in [0, 0.05) is 48.3 Å². The van der Waals surface area contributed by atoms with E-state index in [1.807, 2.05) is 13.0 Å². The van der Waals surface area contributed by atoms with Gasteiger partial charge in [0.1, 0.15) is 18.0 Å². The quantitative estimate of drug-likeness (QED) is 0.929. The largest absolute Gasteiger partial charge is 0.367 e. The maximum Gasteiger partial charge on any atom is 0.205 e.